The van der Waals surface area contributed by atoms with Gasteiger partial charge in [0.15, 0.2) is 0 Å². The predicted octanol–water partition coefficient (Wildman–Crippen LogP) is 1.73. The van der Waals surface area contributed by atoms with Gasteiger partial charge in [-0.2, -0.15) is 10.2 Å². The first kappa shape index (κ1) is 9.96. The molecule has 4 heteroatoms. The van der Waals surface area contributed by atoms with Gasteiger partial charge < -0.3 is 0 Å². The van der Waals surface area contributed by atoms with Gasteiger partial charge in [0.2, 0.25) is 0 Å². The van der Waals surface area contributed by atoms with Gasteiger partial charge in [0.1, 0.15) is 0 Å². The lowest BCUT2D eigenvalue weighted by atomic mass is 10.1. The van der Waals surface area contributed by atoms with Crippen molar-refractivity contribution in [3.05, 3.63) is 35.9 Å². The number of rotatable bonds is 3. The molecule has 80 valence electrons. The summed E-state index contributed by atoms with van der Waals surface area (Å²) in [7, 11) is 1.94. The van der Waals surface area contributed by atoms with Crippen molar-refractivity contribution in [3.8, 4) is 0 Å². The molecule has 0 bridgehead atoms. The third-order valence-electron chi connectivity index (χ3n) is 2.61. The molecule has 2 aromatic heterocycles. The molecule has 0 amide bonds. The summed E-state index contributed by atoms with van der Waals surface area (Å²) in [5, 5.41) is 8.67. The minimum absolute atomic E-state index is 0.393. The highest BCUT2D eigenvalue weighted by Crippen LogP contribution is 2.15. The third-order valence-corrected chi connectivity index (χ3v) is 2.61. The van der Waals surface area contributed by atoms with Crippen LogP contribution in [0, 0.1) is 6.92 Å². The van der Waals surface area contributed by atoms with Crippen LogP contribution < -0.4 is 0 Å². The predicted molar refractivity (Wildman–Crippen MR) is 58.6 cm³/mol. The quantitative estimate of drug-likeness (QED) is 0.763. The fourth-order valence-electron chi connectivity index (χ4n) is 1.64. The molecular formula is C11H16N4. The van der Waals surface area contributed by atoms with Crippen LogP contribution in [0.25, 0.3) is 0 Å². The van der Waals surface area contributed by atoms with Crippen LogP contribution >= 0.6 is 0 Å². The summed E-state index contributed by atoms with van der Waals surface area (Å²) in [4.78, 5) is 0. The van der Waals surface area contributed by atoms with Crippen LogP contribution in [0.4, 0.5) is 0 Å². The van der Waals surface area contributed by atoms with Crippen molar-refractivity contribution in [3.63, 3.8) is 0 Å². The van der Waals surface area contributed by atoms with E-state index >= 15 is 0 Å². The van der Waals surface area contributed by atoms with E-state index in [0.717, 1.165) is 12.2 Å². The second-order valence-corrected chi connectivity index (χ2v) is 3.97. The van der Waals surface area contributed by atoms with Gasteiger partial charge in [-0.15, -0.1) is 0 Å². The lowest BCUT2D eigenvalue weighted by Crippen LogP contribution is -2.09. The number of hydrogen-bond donors (Lipinski definition) is 0. The second-order valence-electron chi connectivity index (χ2n) is 3.97. The van der Waals surface area contributed by atoms with E-state index in [9.17, 15) is 0 Å². The second kappa shape index (κ2) is 3.88. The molecule has 2 aromatic rings. The molecule has 0 aliphatic rings. The monoisotopic (exact) mass is 204 g/mol. The van der Waals surface area contributed by atoms with Crippen molar-refractivity contribution >= 4 is 0 Å². The molecule has 1 atom stereocenters. The van der Waals surface area contributed by atoms with Crippen LogP contribution in [-0.2, 0) is 13.6 Å². The number of aryl methyl sites for hydroxylation is 2. The fraction of sp³-hybridized carbons (Fsp3) is 0.455. The van der Waals surface area contributed by atoms with Gasteiger partial charge in [-0.3, -0.25) is 9.36 Å². The van der Waals surface area contributed by atoms with Gasteiger partial charge in [0.05, 0.1) is 5.69 Å². The van der Waals surface area contributed by atoms with Gasteiger partial charge in [0.25, 0.3) is 0 Å². The Bertz CT molecular complexity index is 441. The SMILES string of the molecule is Cc1ccnn1CC(C)c1ccn(C)n1. The summed E-state index contributed by atoms with van der Waals surface area (Å²) < 4.78 is 3.85. The van der Waals surface area contributed by atoms with Crippen molar-refractivity contribution in [2.24, 2.45) is 7.05 Å². The molecular weight excluding hydrogens is 188 g/mol. The molecule has 0 aliphatic carbocycles. The van der Waals surface area contributed by atoms with E-state index < -0.39 is 0 Å². The highest BCUT2D eigenvalue weighted by atomic mass is 15.3. The zero-order valence-corrected chi connectivity index (χ0v) is 9.38. The Hall–Kier alpha value is -1.58. The van der Waals surface area contributed by atoms with Crippen LogP contribution in [0.1, 0.15) is 24.2 Å². The molecule has 2 rings (SSSR count). The van der Waals surface area contributed by atoms with E-state index in [0.29, 0.717) is 5.92 Å². The zero-order valence-electron chi connectivity index (χ0n) is 9.38. The van der Waals surface area contributed by atoms with E-state index in [1.165, 1.54) is 5.69 Å². The minimum atomic E-state index is 0.393. The molecule has 4 nitrogen and oxygen atoms in total. The van der Waals surface area contributed by atoms with Crippen LogP contribution in [0.3, 0.4) is 0 Å². The summed E-state index contributed by atoms with van der Waals surface area (Å²) in [6, 6.07) is 4.08. The summed E-state index contributed by atoms with van der Waals surface area (Å²) in [6.07, 6.45) is 3.81. The van der Waals surface area contributed by atoms with E-state index in [2.05, 4.69) is 30.1 Å². The summed E-state index contributed by atoms with van der Waals surface area (Å²) in [6.45, 7) is 5.12. The van der Waals surface area contributed by atoms with Gasteiger partial charge in [-0.25, -0.2) is 0 Å². The maximum absolute atomic E-state index is 4.40. The van der Waals surface area contributed by atoms with Crippen LogP contribution in [-0.4, -0.2) is 19.6 Å². The van der Waals surface area contributed by atoms with Gasteiger partial charge in [0, 0.05) is 37.6 Å². The minimum Gasteiger partial charge on any atom is -0.276 e. The topological polar surface area (TPSA) is 35.6 Å². The maximum Gasteiger partial charge on any atom is 0.0671 e. The first-order chi connectivity index (χ1) is 7.16. The average molecular weight is 204 g/mol. The average Bonchev–Trinajstić information content (AvgIpc) is 2.77. The normalized spacial score (nSPS) is 13.0. The Labute approximate surface area is 89.5 Å². The lowest BCUT2D eigenvalue weighted by molar-refractivity contribution is 0.518. The number of aromatic nitrogens is 4. The maximum atomic E-state index is 4.40. The molecule has 15 heavy (non-hydrogen) atoms. The molecule has 0 aliphatic heterocycles. The van der Waals surface area contributed by atoms with Gasteiger partial charge in [-0.1, -0.05) is 6.92 Å². The summed E-state index contributed by atoms with van der Waals surface area (Å²) >= 11 is 0. The first-order valence-corrected chi connectivity index (χ1v) is 5.15. The Morgan fingerprint density at radius 3 is 2.73 bits per heavy atom. The summed E-state index contributed by atoms with van der Waals surface area (Å²) in [5.74, 6) is 0.393. The Morgan fingerprint density at radius 2 is 2.20 bits per heavy atom. The van der Waals surface area contributed by atoms with Crippen molar-refractivity contribution in [2.75, 3.05) is 0 Å². The summed E-state index contributed by atoms with van der Waals surface area (Å²) in [5.41, 5.74) is 2.31. The smallest absolute Gasteiger partial charge is 0.0671 e. The van der Waals surface area contributed by atoms with Crippen molar-refractivity contribution in [2.45, 2.75) is 26.3 Å². The Kier molecular flexibility index (Phi) is 2.58. The molecule has 0 radical (unpaired) electrons. The van der Waals surface area contributed by atoms with Gasteiger partial charge >= 0.3 is 0 Å². The van der Waals surface area contributed by atoms with Crippen molar-refractivity contribution in [1.29, 1.82) is 0 Å². The molecule has 0 aromatic carbocycles. The van der Waals surface area contributed by atoms with E-state index in [1.807, 2.05) is 34.9 Å². The van der Waals surface area contributed by atoms with Crippen molar-refractivity contribution < 1.29 is 0 Å². The lowest BCUT2D eigenvalue weighted by Gasteiger charge is -2.10. The molecule has 2 heterocycles. The van der Waals surface area contributed by atoms with Crippen LogP contribution in [0.2, 0.25) is 0 Å². The molecule has 0 N–H and O–H groups in total. The number of hydrogen-bond acceptors (Lipinski definition) is 2. The van der Waals surface area contributed by atoms with Gasteiger partial charge in [-0.05, 0) is 19.1 Å². The van der Waals surface area contributed by atoms with E-state index in [1.54, 1.807) is 0 Å². The molecule has 0 saturated carbocycles. The molecule has 0 saturated heterocycles. The molecule has 1 unspecified atom stereocenters. The van der Waals surface area contributed by atoms with Crippen molar-refractivity contribution in [1.82, 2.24) is 19.6 Å². The highest BCUT2D eigenvalue weighted by Gasteiger charge is 2.10. The molecule has 0 fully saturated rings. The first-order valence-electron chi connectivity index (χ1n) is 5.15. The third kappa shape index (κ3) is 2.09. The fourth-order valence-corrected chi connectivity index (χ4v) is 1.64. The van der Waals surface area contributed by atoms with Crippen LogP contribution in [0.5, 0.6) is 0 Å². The number of nitrogens with zero attached hydrogens (tertiary/aromatic N) is 4. The van der Waals surface area contributed by atoms with Crippen LogP contribution in [0.15, 0.2) is 24.5 Å². The molecule has 0 spiro atoms. The standard InChI is InChI=1S/C11H16N4/c1-9(11-5-7-14(3)13-11)8-15-10(2)4-6-12-15/h4-7,9H,8H2,1-3H3. The Balaban J connectivity index is 2.10. The zero-order chi connectivity index (χ0) is 10.8. The Morgan fingerprint density at radius 1 is 1.40 bits per heavy atom. The van der Waals surface area contributed by atoms with E-state index in [4.69, 9.17) is 0 Å². The van der Waals surface area contributed by atoms with E-state index in [-0.39, 0.29) is 0 Å². The largest absolute Gasteiger partial charge is 0.276 e. The highest BCUT2D eigenvalue weighted by molar-refractivity contribution is 5.06.